The zero-order chi connectivity index (χ0) is 11.3. The Balaban J connectivity index is 0.000000337. The number of aromatic nitrogens is 2. The van der Waals surface area contributed by atoms with E-state index in [-0.39, 0.29) is 12.0 Å². The number of aromatic carboxylic acids is 1. The minimum Gasteiger partial charge on any atom is -0.478 e. The van der Waals surface area contributed by atoms with E-state index in [9.17, 15) is 4.79 Å². The van der Waals surface area contributed by atoms with Gasteiger partial charge in [0.1, 0.15) is 5.65 Å². The molecule has 2 heterocycles. The molecule has 2 rings (SSSR count). The van der Waals surface area contributed by atoms with Gasteiger partial charge < -0.3 is 15.8 Å². The molecule has 78 valence electrons. The first-order valence-corrected chi connectivity index (χ1v) is 4.01. The van der Waals surface area contributed by atoms with Crippen LogP contribution in [-0.2, 0) is 4.79 Å². The summed E-state index contributed by atoms with van der Waals surface area (Å²) in [5.41, 5.74) is 5.09. The Hall–Kier alpha value is -2.37. The minimum atomic E-state index is -0.953. The summed E-state index contributed by atoms with van der Waals surface area (Å²) in [7, 11) is 0. The maximum atomic E-state index is 10.5. The first kappa shape index (κ1) is 10.7. The number of carboxylic acid groups (broad SMARTS) is 1. The molecule has 15 heavy (non-hydrogen) atoms. The molecule has 0 aliphatic heterocycles. The Morgan fingerprint density at radius 1 is 1.60 bits per heavy atom. The van der Waals surface area contributed by atoms with E-state index in [2.05, 4.69) is 15.7 Å². The average molecular weight is 207 g/mol. The van der Waals surface area contributed by atoms with E-state index >= 15 is 0 Å². The molecule has 1 amide bonds. The van der Waals surface area contributed by atoms with Crippen LogP contribution in [0.15, 0.2) is 24.5 Å². The third kappa shape index (κ3) is 2.53. The van der Waals surface area contributed by atoms with E-state index in [1.54, 1.807) is 18.3 Å². The van der Waals surface area contributed by atoms with Gasteiger partial charge in [-0.1, -0.05) is 0 Å². The van der Waals surface area contributed by atoms with Gasteiger partial charge in [-0.3, -0.25) is 4.79 Å². The molecular weight excluding hydrogens is 198 g/mol. The monoisotopic (exact) mass is 207 g/mol. The molecule has 2 aromatic heterocycles. The van der Waals surface area contributed by atoms with Crippen LogP contribution in [0.4, 0.5) is 0 Å². The predicted molar refractivity (Wildman–Crippen MR) is 53.3 cm³/mol. The fraction of sp³-hybridized carbons (Fsp3) is 0. The number of nitrogens with two attached hydrogens (primary N) is 1. The van der Waals surface area contributed by atoms with Crippen LogP contribution in [0.1, 0.15) is 10.4 Å². The van der Waals surface area contributed by atoms with E-state index in [4.69, 9.17) is 9.90 Å². The molecule has 0 bridgehead atoms. The summed E-state index contributed by atoms with van der Waals surface area (Å²) in [5.74, 6) is -0.953. The van der Waals surface area contributed by atoms with Gasteiger partial charge in [0.15, 0.2) is 0 Å². The summed E-state index contributed by atoms with van der Waals surface area (Å²) in [5, 5.41) is 9.45. The van der Waals surface area contributed by atoms with Crippen molar-refractivity contribution >= 4 is 23.4 Å². The number of rotatable bonds is 1. The Morgan fingerprint density at radius 2 is 2.27 bits per heavy atom. The van der Waals surface area contributed by atoms with Crippen LogP contribution in [0.3, 0.4) is 0 Å². The van der Waals surface area contributed by atoms with Crippen molar-refractivity contribution in [1.82, 2.24) is 9.97 Å². The third-order valence-electron chi connectivity index (χ3n) is 1.65. The summed E-state index contributed by atoms with van der Waals surface area (Å²) in [6.45, 7) is 0. The van der Waals surface area contributed by atoms with Crippen molar-refractivity contribution in [2.45, 2.75) is 0 Å². The highest BCUT2D eigenvalue weighted by Gasteiger charge is 2.03. The van der Waals surface area contributed by atoms with Gasteiger partial charge in [-0.05, 0) is 12.1 Å². The predicted octanol–water partition coefficient (Wildman–Crippen LogP) is 0.363. The molecule has 6 heteroatoms. The zero-order valence-corrected chi connectivity index (χ0v) is 7.68. The van der Waals surface area contributed by atoms with Gasteiger partial charge in [0.2, 0.25) is 6.41 Å². The summed E-state index contributed by atoms with van der Waals surface area (Å²) in [6.07, 6.45) is 3.31. The quantitative estimate of drug-likeness (QED) is 0.586. The second-order valence-electron chi connectivity index (χ2n) is 2.58. The average Bonchev–Trinajstić information content (AvgIpc) is 2.65. The summed E-state index contributed by atoms with van der Waals surface area (Å²) in [4.78, 5) is 25.9. The minimum absolute atomic E-state index is 0.210. The topological polar surface area (TPSA) is 109 Å². The molecule has 0 saturated heterocycles. The number of carboxylic acids is 1. The lowest BCUT2D eigenvalue weighted by Crippen LogP contribution is -1.96. The highest BCUT2D eigenvalue weighted by molar-refractivity contribution is 5.91. The number of fused-ring (bicyclic) bond motifs is 1. The molecule has 0 aliphatic rings. The van der Waals surface area contributed by atoms with Gasteiger partial charge in [-0.2, -0.15) is 0 Å². The number of hydrogen-bond donors (Lipinski definition) is 3. The summed E-state index contributed by atoms with van der Waals surface area (Å²) >= 11 is 0. The van der Waals surface area contributed by atoms with Gasteiger partial charge >= 0.3 is 5.97 Å². The Morgan fingerprint density at radius 3 is 2.87 bits per heavy atom. The molecule has 0 atom stereocenters. The molecule has 0 unspecified atom stereocenters. The van der Waals surface area contributed by atoms with E-state index < -0.39 is 5.97 Å². The van der Waals surface area contributed by atoms with Crippen LogP contribution in [0.25, 0.3) is 11.0 Å². The molecule has 4 N–H and O–H groups in total. The smallest absolute Gasteiger partial charge is 0.337 e. The number of H-pyrrole nitrogens is 1. The normalized spacial score (nSPS) is 9.07. The van der Waals surface area contributed by atoms with Crippen molar-refractivity contribution in [3.05, 3.63) is 30.1 Å². The maximum Gasteiger partial charge on any atom is 0.337 e. The fourth-order valence-electron chi connectivity index (χ4n) is 1.06. The second kappa shape index (κ2) is 4.75. The van der Waals surface area contributed by atoms with Crippen LogP contribution in [0, 0.1) is 0 Å². The van der Waals surface area contributed by atoms with Crippen LogP contribution in [0.2, 0.25) is 0 Å². The number of aromatic amines is 1. The first-order chi connectivity index (χ1) is 7.19. The molecule has 2 aromatic rings. The lowest BCUT2D eigenvalue weighted by atomic mass is 10.2. The lowest BCUT2D eigenvalue weighted by molar-refractivity contribution is -0.106. The number of hydrogen-bond acceptors (Lipinski definition) is 3. The van der Waals surface area contributed by atoms with Crippen LogP contribution < -0.4 is 5.73 Å². The molecule has 0 saturated carbocycles. The van der Waals surface area contributed by atoms with Crippen LogP contribution in [-0.4, -0.2) is 27.5 Å². The highest BCUT2D eigenvalue weighted by atomic mass is 16.4. The molecule has 0 radical (unpaired) electrons. The van der Waals surface area contributed by atoms with Crippen molar-refractivity contribution in [3.8, 4) is 0 Å². The van der Waals surface area contributed by atoms with Crippen molar-refractivity contribution in [3.63, 3.8) is 0 Å². The van der Waals surface area contributed by atoms with Crippen molar-refractivity contribution < 1.29 is 14.7 Å². The lowest BCUT2D eigenvalue weighted by Gasteiger charge is -1.92. The van der Waals surface area contributed by atoms with Crippen molar-refractivity contribution in [2.24, 2.45) is 5.73 Å². The van der Waals surface area contributed by atoms with Crippen molar-refractivity contribution in [1.29, 1.82) is 0 Å². The number of nitrogens with zero attached hydrogens (tertiary/aromatic N) is 1. The van der Waals surface area contributed by atoms with Crippen LogP contribution >= 0.6 is 0 Å². The number of pyridine rings is 1. The van der Waals surface area contributed by atoms with Gasteiger partial charge in [0.25, 0.3) is 0 Å². The molecule has 0 spiro atoms. The number of primary amides is 1. The largest absolute Gasteiger partial charge is 0.478 e. The van der Waals surface area contributed by atoms with Gasteiger partial charge in [-0.25, -0.2) is 9.78 Å². The number of amides is 1. The van der Waals surface area contributed by atoms with E-state index in [1.165, 1.54) is 6.20 Å². The zero-order valence-electron chi connectivity index (χ0n) is 7.68. The third-order valence-corrected chi connectivity index (χ3v) is 1.65. The summed E-state index contributed by atoms with van der Waals surface area (Å²) in [6, 6.07) is 3.37. The maximum absolute atomic E-state index is 10.5. The number of nitrogens with one attached hydrogen (secondary N) is 1. The molecule has 0 aromatic carbocycles. The molecule has 0 aliphatic carbocycles. The molecular formula is C9H9N3O3. The second-order valence-corrected chi connectivity index (χ2v) is 2.58. The fourth-order valence-corrected chi connectivity index (χ4v) is 1.06. The Kier molecular flexibility index (Phi) is 3.39. The van der Waals surface area contributed by atoms with Crippen LogP contribution in [0.5, 0.6) is 0 Å². The molecule has 6 nitrogen and oxygen atoms in total. The Labute approximate surface area is 84.7 Å². The van der Waals surface area contributed by atoms with E-state index in [1.807, 2.05) is 0 Å². The van der Waals surface area contributed by atoms with Crippen molar-refractivity contribution in [2.75, 3.05) is 0 Å². The van der Waals surface area contributed by atoms with Gasteiger partial charge in [0, 0.05) is 17.8 Å². The highest BCUT2D eigenvalue weighted by Crippen LogP contribution is 2.10. The standard InChI is InChI=1S/C8H6N2O2.CH3NO/c11-8(12)6-3-5-1-2-9-7(5)10-4-6;2-1-3/h1-4H,(H,9,10)(H,11,12);1H,(H2,2,3). The van der Waals surface area contributed by atoms with E-state index in [0.29, 0.717) is 5.65 Å². The number of carbonyl (C=O) groups is 2. The summed E-state index contributed by atoms with van der Waals surface area (Å²) < 4.78 is 0. The molecule has 0 fully saturated rings. The Bertz CT molecular complexity index is 478. The van der Waals surface area contributed by atoms with Gasteiger partial charge in [-0.15, -0.1) is 0 Å². The van der Waals surface area contributed by atoms with Gasteiger partial charge in [0.05, 0.1) is 5.56 Å². The number of carbonyl (C=O) groups excluding carboxylic acids is 1. The first-order valence-electron chi connectivity index (χ1n) is 4.01. The van der Waals surface area contributed by atoms with E-state index in [0.717, 1.165) is 5.39 Å². The SMILES string of the molecule is NC=O.O=C(O)c1cnc2[nH]ccc2c1.